The molecule has 122 valence electrons. The van der Waals surface area contributed by atoms with Crippen LogP contribution in [0.1, 0.15) is 59.3 Å². The SMILES string of the molecule is CC(C)(C)CC(CNC(=O)N1CCCCCCC1)C(=O)O. The lowest BCUT2D eigenvalue weighted by molar-refractivity contribution is -0.142. The number of amides is 2. The Morgan fingerprint density at radius 2 is 1.62 bits per heavy atom. The maximum absolute atomic E-state index is 12.2. The minimum absolute atomic E-state index is 0.0612. The normalized spacial score (nSPS) is 18.5. The number of nitrogens with one attached hydrogen (secondary N) is 1. The molecule has 1 rings (SSSR count). The Kier molecular flexibility index (Phi) is 6.99. The molecule has 0 aromatic heterocycles. The number of likely N-dealkylation sites (tertiary alicyclic amines) is 1. The van der Waals surface area contributed by atoms with Crippen LogP contribution in [0.2, 0.25) is 0 Å². The number of carboxylic acids is 1. The molecule has 21 heavy (non-hydrogen) atoms. The molecule has 1 atom stereocenters. The van der Waals surface area contributed by atoms with E-state index in [0.717, 1.165) is 25.9 Å². The van der Waals surface area contributed by atoms with Gasteiger partial charge in [0, 0.05) is 19.6 Å². The van der Waals surface area contributed by atoms with Crippen molar-refractivity contribution in [3.63, 3.8) is 0 Å². The monoisotopic (exact) mass is 298 g/mol. The molecule has 2 amide bonds. The standard InChI is InChI=1S/C16H30N2O3/c1-16(2,3)11-13(14(19)20)12-17-15(21)18-9-7-5-4-6-8-10-18/h13H,4-12H2,1-3H3,(H,17,21)(H,19,20). The topological polar surface area (TPSA) is 69.6 Å². The fourth-order valence-electron chi connectivity index (χ4n) is 2.76. The minimum atomic E-state index is -0.835. The summed E-state index contributed by atoms with van der Waals surface area (Å²) in [5.74, 6) is -1.36. The predicted molar refractivity (Wildman–Crippen MR) is 83.3 cm³/mol. The third-order valence-electron chi connectivity index (χ3n) is 3.85. The quantitative estimate of drug-likeness (QED) is 0.838. The summed E-state index contributed by atoms with van der Waals surface area (Å²) >= 11 is 0. The van der Waals surface area contributed by atoms with Crippen LogP contribution in [0.3, 0.4) is 0 Å². The van der Waals surface area contributed by atoms with E-state index in [0.29, 0.717) is 6.42 Å². The van der Waals surface area contributed by atoms with E-state index >= 15 is 0 Å². The first kappa shape index (κ1) is 17.8. The van der Waals surface area contributed by atoms with E-state index in [4.69, 9.17) is 0 Å². The molecule has 5 heteroatoms. The summed E-state index contributed by atoms with van der Waals surface area (Å²) in [7, 11) is 0. The lowest BCUT2D eigenvalue weighted by Gasteiger charge is -2.27. The van der Waals surface area contributed by atoms with Gasteiger partial charge in [-0.1, -0.05) is 40.0 Å². The fourth-order valence-corrected chi connectivity index (χ4v) is 2.76. The molecular weight excluding hydrogens is 268 g/mol. The molecule has 0 saturated carbocycles. The molecule has 5 nitrogen and oxygen atoms in total. The van der Waals surface area contributed by atoms with E-state index in [1.807, 2.05) is 25.7 Å². The van der Waals surface area contributed by atoms with Gasteiger partial charge in [-0.3, -0.25) is 4.79 Å². The highest BCUT2D eigenvalue weighted by Crippen LogP contribution is 2.24. The van der Waals surface area contributed by atoms with Crippen molar-refractivity contribution < 1.29 is 14.7 Å². The summed E-state index contributed by atoms with van der Waals surface area (Å²) in [6.07, 6.45) is 6.23. The van der Waals surface area contributed by atoms with Crippen LogP contribution in [0, 0.1) is 11.3 Å². The Morgan fingerprint density at radius 1 is 1.10 bits per heavy atom. The van der Waals surface area contributed by atoms with Crippen LogP contribution in [-0.2, 0) is 4.79 Å². The van der Waals surface area contributed by atoms with E-state index in [1.54, 1.807) is 0 Å². The van der Waals surface area contributed by atoms with Gasteiger partial charge in [-0.25, -0.2) is 4.79 Å². The molecule has 1 unspecified atom stereocenters. The number of carboxylic acid groups (broad SMARTS) is 1. The van der Waals surface area contributed by atoms with E-state index in [9.17, 15) is 14.7 Å². The number of urea groups is 1. The average molecular weight is 298 g/mol. The molecule has 0 aliphatic carbocycles. The van der Waals surface area contributed by atoms with Crippen LogP contribution >= 0.6 is 0 Å². The van der Waals surface area contributed by atoms with Crippen molar-refractivity contribution in [3.8, 4) is 0 Å². The van der Waals surface area contributed by atoms with Gasteiger partial charge >= 0.3 is 12.0 Å². The van der Waals surface area contributed by atoms with Crippen molar-refractivity contribution in [2.45, 2.75) is 59.3 Å². The zero-order valence-electron chi connectivity index (χ0n) is 13.7. The second-order valence-corrected chi connectivity index (χ2v) is 7.24. The molecule has 2 N–H and O–H groups in total. The zero-order valence-corrected chi connectivity index (χ0v) is 13.7. The van der Waals surface area contributed by atoms with Crippen molar-refractivity contribution >= 4 is 12.0 Å². The van der Waals surface area contributed by atoms with Gasteiger partial charge < -0.3 is 15.3 Å². The largest absolute Gasteiger partial charge is 0.481 e. The second-order valence-electron chi connectivity index (χ2n) is 7.24. The van der Waals surface area contributed by atoms with E-state index in [-0.39, 0.29) is 18.0 Å². The number of carbonyl (C=O) groups excluding carboxylic acids is 1. The summed E-state index contributed by atoms with van der Waals surface area (Å²) in [6, 6.07) is -0.114. The number of hydrogen-bond donors (Lipinski definition) is 2. The molecule has 0 spiro atoms. The second kappa shape index (κ2) is 8.25. The van der Waals surface area contributed by atoms with Crippen molar-refractivity contribution in [1.29, 1.82) is 0 Å². The third kappa shape index (κ3) is 7.34. The Labute approximate surface area is 128 Å². The lowest BCUT2D eigenvalue weighted by atomic mass is 9.84. The van der Waals surface area contributed by atoms with Crippen molar-refractivity contribution in [1.82, 2.24) is 10.2 Å². The van der Waals surface area contributed by atoms with Gasteiger partial charge in [-0.15, -0.1) is 0 Å². The maximum Gasteiger partial charge on any atom is 0.317 e. The minimum Gasteiger partial charge on any atom is -0.481 e. The zero-order chi connectivity index (χ0) is 15.9. The first-order valence-electron chi connectivity index (χ1n) is 8.05. The molecule has 0 aromatic carbocycles. The number of hydrogen-bond acceptors (Lipinski definition) is 2. The van der Waals surface area contributed by atoms with Gasteiger partial charge in [0.05, 0.1) is 5.92 Å². The van der Waals surface area contributed by atoms with Gasteiger partial charge in [0.15, 0.2) is 0 Å². The number of aliphatic carboxylic acids is 1. The van der Waals surface area contributed by atoms with E-state index < -0.39 is 11.9 Å². The Balaban J connectivity index is 2.46. The average Bonchev–Trinajstić information content (AvgIpc) is 2.32. The Hall–Kier alpha value is -1.26. The smallest absolute Gasteiger partial charge is 0.317 e. The summed E-state index contributed by atoms with van der Waals surface area (Å²) in [6.45, 7) is 7.82. The van der Waals surface area contributed by atoms with Gasteiger partial charge in [-0.05, 0) is 24.7 Å². The first-order chi connectivity index (χ1) is 9.79. The first-order valence-corrected chi connectivity index (χ1v) is 8.05. The predicted octanol–water partition coefficient (Wildman–Crippen LogP) is 3.10. The van der Waals surface area contributed by atoms with Crippen molar-refractivity contribution in [2.75, 3.05) is 19.6 Å². The van der Waals surface area contributed by atoms with Gasteiger partial charge in [0.1, 0.15) is 0 Å². The molecule has 1 aliphatic heterocycles. The van der Waals surface area contributed by atoms with E-state index in [1.165, 1.54) is 19.3 Å². The van der Waals surface area contributed by atoms with Crippen LogP contribution in [0.25, 0.3) is 0 Å². The number of carbonyl (C=O) groups is 2. The van der Waals surface area contributed by atoms with Gasteiger partial charge in [0.2, 0.25) is 0 Å². The number of rotatable bonds is 4. The molecule has 1 heterocycles. The summed E-state index contributed by atoms with van der Waals surface area (Å²) in [5, 5.41) is 12.1. The highest BCUT2D eigenvalue weighted by molar-refractivity contribution is 5.76. The summed E-state index contributed by atoms with van der Waals surface area (Å²) in [4.78, 5) is 25.3. The summed E-state index contributed by atoms with van der Waals surface area (Å²) in [5.41, 5.74) is -0.0612. The van der Waals surface area contributed by atoms with Crippen LogP contribution in [0.15, 0.2) is 0 Å². The molecule has 1 saturated heterocycles. The van der Waals surface area contributed by atoms with Crippen LogP contribution in [0.5, 0.6) is 0 Å². The fraction of sp³-hybridized carbons (Fsp3) is 0.875. The Morgan fingerprint density at radius 3 is 2.10 bits per heavy atom. The molecule has 0 aromatic rings. The Bertz CT molecular complexity index is 342. The molecular formula is C16H30N2O3. The van der Waals surface area contributed by atoms with E-state index in [2.05, 4.69) is 5.32 Å². The van der Waals surface area contributed by atoms with Gasteiger partial charge in [0.25, 0.3) is 0 Å². The molecule has 1 fully saturated rings. The molecule has 1 aliphatic rings. The highest BCUT2D eigenvalue weighted by atomic mass is 16.4. The highest BCUT2D eigenvalue weighted by Gasteiger charge is 2.25. The maximum atomic E-state index is 12.2. The van der Waals surface area contributed by atoms with Crippen molar-refractivity contribution in [3.05, 3.63) is 0 Å². The third-order valence-corrected chi connectivity index (χ3v) is 3.85. The summed E-state index contributed by atoms with van der Waals surface area (Å²) < 4.78 is 0. The van der Waals surface area contributed by atoms with Gasteiger partial charge in [-0.2, -0.15) is 0 Å². The van der Waals surface area contributed by atoms with Crippen LogP contribution < -0.4 is 5.32 Å². The van der Waals surface area contributed by atoms with Crippen molar-refractivity contribution in [2.24, 2.45) is 11.3 Å². The molecule has 0 bridgehead atoms. The van der Waals surface area contributed by atoms with Crippen LogP contribution in [0.4, 0.5) is 4.79 Å². The number of nitrogens with zero attached hydrogens (tertiary/aromatic N) is 1. The lowest BCUT2D eigenvalue weighted by Crippen LogP contribution is -2.44. The van der Waals surface area contributed by atoms with Crippen LogP contribution in [-0.4, -0.2) is 41.6 Å². The molecule has 0 radical (unpaired) electrons.